The Kier molecular flexibility index (Phi) is 7.50. The van der Waals surface area contributed by atoms with Crippen molar-refractivity contribution in [2.24, 2.45) is 5.92 Å². The van der Waals surface area contributed by atoms with Crippen LogP contribution in [0.5, 0.6) is 5.75 Å². The van der Waals surface area contributed by atoms with E-state index in [-0.39, 0.29) is 11.9 Å². The highest BCUT2D eigenvalue weighted by atomic mass is 16.5. The van der Waals surface area contributed by atoms with E-state index < -0.39 is 0 Å². The lowest BCUT2D eigenvalue weighted by atomic mass is 9.93. The minimum atomic E-state index is -0.0680. The molecule has 6 heteroatoms. The van der Waals surface area contributed by atoms with E-state index in [1.807, 2.05) is 59.5 Å². The number of nitrogens with zero attached hydrogens (tertiary/aromatic N) is 1. The molecule has 0 radical (unpaired) electrons. The fourth-order valence-corrected chi connectivity index (χ4v) is 3.68. The molecule has 0 bridgehead atoms. The second-order valence-electron chi connectivity index (χ2n) is 7.38. The van der Waals surface area contributed by atoms with Crippen molar-refractivity contribution in [2.75, 3.05) is 25.5 Å². The van der Waals surface area contributed by atoms with Crippen molar-refractivity contribution in [3.05, 3.63) is 60.2 Å². The van der Waals surface area contributed by atoms with Gasteiger partial charge >= 0.3 is 6.03 Å². The molecule has 2 aromatic rings. The van der Waals surface area contributed by atoms with E-state index >= 15 is 0 Å². The summed E-state index contributed by atoms with van der Waals surface area (Å²) in [6.07, 6.45) is 3.27. The maximum absolute atomic E-state index is 12.5. The van der Waals surface area contributed by atoms with Crippen LogP contribution >= 0.6 is 0 Å². The van der Waals surface area contributed by atoms with Crippen LogP contribution in [-0.4, -0.2) is 37.0 Å². The van der Waals surface area contributed by atoms with Crippen LogP contribution in [0.4, 0.5) is 10.5 Å². The highest BCUT2D eigenvalue weighted by Crippen LogP contribution is 2.22. The molecule has 2 N–H and O–H groups in total. The van der Waals surface area contributed by atoms with Crippen LogP contribution in [0.25, 0.3) is 0 Å². The van der Waals surface area contributed by atoms with Gasteiger partial charge in [-0.1, -0.05) is 36.4 Å². The average Bonchev–Trinajstić information content (AvgIpc) is 2.77. The third-order valence-corrected chi connectivity index (χ3v) is 5.28. The quantitative estimate of drug-likeness (QED) is 0.743. The Morgan fingerprint density at radius 1 is 1.10 bits per heavy atom. The van der Waals surface area contributed by atoms with E-state index in [1.54, 1.807) is 7.11 Å². The second-order valence-corrected chi connectivity index (χ2v) is 7.38. The fourth-order valence-electron chi connectivity index (χ4n) is 3.68. The van der Waals surface area contributed by atoms with Crippen molar-refractivity contribution < 1.29 is 14.3 Å². The molecule has 1 heterocycles. The highest BCUT2D eigenvalue weighted by Gasteiger charge is 2.24. The van der Waals surface area contributed by atoms with Gasteiger partial charge in [0.2, 0.25) is 5.91 Å². The number of carbonyl (C=O) groups excluding carboxylic acids is 2. The molecule has 3 rings (SSSR count). The maximum atomic E-state index is 12.5. The lowest BCUT2D eigenvalue weighted by Crippen LogP contribution is -2.42. The van der Waals surface area contributed by atoms with E-state index in [1.165, 1.54) is 0 Å². The number of anilines is 1. The molecule has 2 aromatic carbocycles. The number of benzene rings is 2. The molecule has 6 nitrogen and oxygen atoms in total. The molecule has 1 aliphatic heterocycles. The van der Waals surface area contributed by atoms with E-state index in [0.717, 1.165) is 42.8 Å². The molecule has 154 valence electrons. The summed E-state index contributed by atoms with van der Waals surface area (Å²) in [6, 6.07) is 17.1. The lowest BCUT2D eigenvalue weighted by molar-refractivity contribution is -0.121. The Hall–Kier alpha value is -3.02. The maximum Gasteiger partial charge on any atom is 0.321 e. The number of hydrogen-bond acceptors (Lipinski definition) is 3. The summed E-state index contributed by atoms with van der Waals surface area (Å²) in [6.45, 7) is 1.91. The molecule has 0 spiro atoms. The predicted molar refractivity (Wildman–Crippen MR) is 114 cm³/mol. The summed E-state index contributed by atoms with van der Waals surface area (Å²) >= 11 is 0. The number of methoxy groups -OCH3 is 1. The summed E-state index contributed by atoms with van der Waals surface area (Å²) in [5, 5.41) is 5.91. The first kappa shape index (κ1) is 20.7. The monoisotopic (exact) mass is 395 g/mol. The van der Waals surface area contributed by atoms with Gasteiger partial charge in [0, 0.05) is 37.3 Å². The molecule has 0 aromatic heterocycles. The zero-order valence-corrected chi connectivity index (χ0v) is 16.9. The molecule has 0 aliphatic carbocycles. The summed E-state index contributed by atoms with van der Waals surface area (Å²) in [5.41, 5.74) is 1.76. The Morgan fingerprint density at radius 3 is 2.66 bits per heavy atom. The van der Waals surface area contributed by atoms with Gasteiger partial charge in [0.25, 0.3) is 0 Å². The summed E-state index contributed by atoms with van der Waals surface area (Å²) in [5.74, 6) is 1.16. The van der Waals surface area contributed by atoms with E-state index in [2.05, 4.69) is 10.6 Å². The molecule has 0 unspecified atom stereocenters. The zero-order valence-electron chi connectivity index (χ0n) is 16.9. The molecule has 1 fully saturated rings. The number of likely N-dealkylation sites (tertiary alicyclic amines) is 1. The first-order chi connectivity index (χ1) is 14.2. The number of piperidine rings is 1. The second kappa shape index (κ2) is 10.5. The average molecular weight is 396 g/mol. The standard InChI is InChI=1S/C23H29N3O3/c1-29-21-12-6-5-9-19(21)16-24-22(27)14-13-18-8-7-15-26(17-18)23(28)25-20-10-3-2-4-11-20/h2-6,9-12,18H,7-8,13-17H2,1H3,(H,24,27)(H,25,28)/t18-/m0/s1. The molecule has 1 saturated heterocycles. The molecular formula is C23H29N3O3. The Labute approximate surface area is 172 Å². The molecule has 29 heavy (non-hydrogen) atoms. The smallest absolute Gasteiger partial charge is 0.321 e. The third kappa shape index (κ3) is 6.24. The van der Waals surface area contributed by atoms with Gasteiger partial charge in [-0.05, 0) is 43.4 Å². The zero-order chi connectivity index (χ0) is 20.5. The van der Waals surface area contributed by atoms with Gasteiger partial charge in [-0.25, -0.2) is 4.79 Å². The largest absolute Gasteiger partial charge is 0.496 e. The number of rotatable bonds is 7. The Balaban J connectivity index is 1.42. The molecule has 1 aliphatic rings. The topological polar surface area (TPSA) is 70.7 Å². The lowest BCUT2D eigenvalue weighted by Gasteiger charge is -2.32. The van der Waals surface area contributed by atoms with E-state index in [9.17, 15) is 9.59 Å². The van der Waals surface area contributed by atoms with E-state index in [0.29, 0.717) is 25.4 Å². The predicted octanol–water partition coefficient (Wildman–Crippen LogP) is 4.04. The summed E-state index contributed by atoms with van der Waals surface area (Å²) < 4.78 is 5.31. The van der Waals surface area contributed by atoms with Crippen molar-refractivity contribution in [2.45, 2.75) is 32.2 Å². The highest BCUT2D eigenvalue weighted by molar-refractivity contribution is 5.89. The first-order valence-electron chi connectivity index (χ1n) is 10.2. The normalized spacial score (nSPS) is 16.2. The number of carbonyl (C=O) groups is 2. The molecule has 0 saturated carbocycles. The summed E-state index contributed by atoms with van der Waals surface area (Å²) in [7, 11) is 1.63. The fraction of sp³-hybridized carbons (Fsp3) is 0.391. The van der Waals surface area contributed by atoms with Crippen molar-refractivity contribution in [1.29, 1.82) is 0 Å². The van der Waals surface area contributed by atoms with E-state index in [4.69, 9.17) is 4.74 Å². The van der Waals surface area contributed by atoms with Crippen molar-refractivity contribution in [1.82, 2.24) is 10.2 Å². The first-order valence-corrected chi connectivity index (χ1v) is 10.2. The number of para-hydroxylation sites is 2. The molecule has 1 atom stereocenters. The van der Waals surface area contributed by atoms with Crippen LogP contribution in [0, 0.1) is 5.92 Å². The van der Waals surface area contributed by atoms with Gasteiger partial charge in [0.15, 0.2) is 0 Å². The van der Waals surface area contributed by atoms with Crippen molar-refractivity contribution in [3.63, 3.8) is 0 Å². The number of ether oxygens (including phenoxy) is 1. The number of amides is 3. The van der Waals surface area contributed by atoms with Crippen LogP contribution in [0.3, 0.4) is 0 Å². The van der Waals surface area contributed by atoms with Crippen molar-refractivity contribution >= 4 is 17.6 Å². The number of urea groups is 1. The van der Waals surface area contributed by atoms with Crippen LogP contribution < -0.4 is 15.4 Å². The van der Waals surface area contributed by atoms with Gasteiger partial charge in [-0.15, -0.1) is 0 Å². The number of hydrogen-bond donors (Lipinski definition) is 2. The third-order valence-electron chi connectivity index (χ3n) is 5.28. The molecule has 3 amide bonds. The van der Waals surface area contributed by atoms with Gasteiger partial charge in [0.1, 0.15) is 5.75 Å². The number of nitrogens with one attached hydrogen (secondary N) is 2. The minimum Gasteiger partial charge on any atom is -0.496 e. The van der Waals surface area contributed by atoms with Crippen LogP contribution in [0.15, 0.2) is 54.6 Å². The van der Waals surface area contributed by atoms with Gasteiger partial charge in [-0.3, -0.25) is 4.79 Å². The Bertz CT molecular complexity index is 810. The minimum absolute atomic E-state index is 0.0294. The van der Waals surface area contributed by atoms with Gasteiger partial charge in [-0.2, -0.15) is 0 Å². The Morgan fingerprint density at radius 2 is 1.86 bits per heavy atom. The van der Waals surface area contributed by atoms with Crippen LogP contribution in [0.2, 0.25) is 0 Å². The van der Waals surface area contributed by atoms with Crippen molar-refractivity contribution in [3.8, 4) is 5.75 Å². The van der Waals surface area contributed by atoms with Crippen LogP contribution in [-0.2, 0) is 11.3 Å². The van der Waals surface area contributed by atoms with Gasteiger partial charge < -0.3 is 20.3 Å². The molecular weight excluding hydrogens is 366 g/mol. The summed E-state index contributed by atoms with van der Waals surface area (Å²) in [4.78, 5) is 26.6. The van der Waals surface area contributed by atoms with Crippen LogP contribution in [0.1, 0.15) is 31.2 Å². The van der Waals surface area contributed by atoms with Gasteiger partial charge in [0.05, 0.1) is 7.11 Å². The SMILES string of the molecule is COc1ccccc1CNC(=O)CC[C@@H]1CCCN(C(=O)Nc2ccccc2)C1.